The third kappa shape index (κ3) is 4.40. The van der Waals surface area contributed by atoms with Gasteiger partial charge in [-0.25, -0.2) is 0 Å². The van der Waals surface area contributed by atoms with Gasteiger partial charge in [0.05, 0.1) is 11.6 Å². The zero-order chi connectivity index (χ0) is 18.4. The van der Waals surface area contributed by atoms with E-state index in [-0.39, 0.29) is 0 Å². The van der Waals surface area contributed by atoms with E-state index in [0.29, 0.717) is 42.9 Å². The lowest BCUT2D eigenvalue weighted by atomic mass is 10.1. The van der Waals surface area contributed by atoms with Crippen molar-refractivity contribution in [2.24, 2.45) is 5.73 Å². The molecule has 0 saturated carbocycles. The van der Waals surface area contributed by atoms with E-state index in [4.69, 9.17) is 31.5 Å². The van der Waals surface area contributed by atoms with E-state index < -0.39 is 0 Å². The van der Waals surface area contributed by atoms with Gasteiger partial charge in [-0.3, -0.25) is 0 Å². The summed E-state index contributed by atoms with van der Waals surface area (Å²) in [6, 6.07) is 17.8. The fourth-order valence-electron chi connectivity index (χ4n) is 2.70. The number of halogens is 1. The standard InChI is InChI=1S/C21H22ClNO3/c1-2-24-20-12-15(14-23)11-19(22)21(20)26-10-9-25-18-8-7-16-5-3-4-6-17(16)13-18/h3-8,11-13H,2,9-10,14,23H2,1H3. The van der Waals surface area contributed by atoms with Crippen LogP contribution in [-0.2, 0) is 6.54 Å². The third-order valence-corrected chi connectivity index (χ3v) is 4.21. The number of rotatable bonds is 8. The molecule has 0 unspecified atom stereocenters. The molecule has 3 rings (SSSR count). The summed E-state index contributed by atoms with van der Waals surface area (Å²) in [6.45, 7) is 3.59. The van der Waals surface area contributed by atoms with Crippen LogP contribution >= 0.6 is 11.6 Å². The number of fused-ring (bicyclic) bond motifs is 1. The molecule has 3 aromatic rings. The van der Waals surface area contributed by atoms with Crippen LogP contribution < -0.4 is 19.9 Å². The van der Waals surface area contributed by atoms with Crippen LogP contribution in [0, 0.1) is 0 Å². The zero-order valence-corrected chi connectivity index (χ0v) is 15.5. The average molecular weight is 372 g/mol. The fourth-order valence-corrected chi connectivity index (χ4v) is 2.99. The van der Waals surface area contributed by atoms with Gasteiger partial charge in [-0.05, 0) is 47.5 Å². The van der Waals surface area contributed by atoms with Gasteiger partial charge in [0.1, 0.15) is 19.0 Å². The molecule has 0 spiro atoms. The van der Waals surface area contributed by atoms with Crippen molar-refractivity contribution in [1.29, 1.82) is 0 Å². The van der Waals surface area contributed by atoms with Gasteiger partial charge in [0, 0.05) is 6.54 Å². The molecule has 136 valence electrons. The lowest BCUT2D eigenvalue weighted by Crippen LogP contribution is -2.10. The SMILES string of the molecule is CCOc1cc(CN)cc(Cl)c1OCCOc1ccc2ccccc2c1. The number of hydrogen-bond acceptors (Lipinski definition) is 4. The molecular weight excluding hydrogens is 350 g/mol. The average Bonchev–Trinajstić information content (AvgIpc) is 2.66. The van der Waals surface area contributed by atoms with Gasteiger partial charge >= 0.3 is 0 Å². The molecule has 0 aliphatic rings. The Morgan fingerprint density at radius 2 is 1.65 bits per heavy atom. The van der Waals surface area contributed by atoms with Crippen molar-refractivity contribution >= 4 is 22.4 Å². The first kappa shape index (κ1) is 18.4. The first-order valence-electron chi connectivity index (χ1n) is 8.61. The molecule has 0 saturated heterocycles. The number of hydrogen-bond donors (Lipinski definition) is 1. The summed E-state index contributed by atoms with van der Waals surface area (Å²) in [4.78, 5) is 0. The van der Waals surface area contributed by atoms with E-state index in [1.807, 2.05) is 43.3 Å². The second kappa shape index (κ2) is 8.79. The minimum atomic E-state index is 0.356. The van der Waals surface area contributed by atoms with Crippen LogP contribution in [0.3, 0.4) is 0 Å². The fraction of sp³-hybridized carbons (Fsp3) is 0.238. The Labute approximate surface area is 158 Å². The van der Waals surface area contributed by atoms with Crippen molar-refractivity contribution < 1.29 is 14.2 Å². The highest BCUT2D eigenvalue weighted by molar-refractivity contribution is 6.32. The maximum atomic E-state index is 6.31. The maximum Gasteiger partial charge on any atom is 0.179 e. The van der Waals surface area contributed by atoms with Crippen LogP contribution in [0.5, 0.6) is 17.2 Å². The van der Waals surface area contributed by atoms with Crippen molar-refractivity contribution in [3.63, 3.8) is 0 Å². The van der Waals surface area contributed by atoms with Gasteiger partial charge < -0.3 is 19.9 Å². The van der Waals surface area contributed by atoms with E-state index in [1.165, 1.54) is 5.39 Å². The summed E-state index contributed by atoms with van der Waals surface area (Å²) in [5.41, 5.74) is 6.59. The molecule has 0 heterocycles. The minimum absolute atomic E-state index is 0.356. The third-order valence-electron chi connectivity index (χ3n) is 3.92. The summed E-state index contributed by atoms with van der Waals surface area (Å²) in [5.74, 6) is 1.93. The number of ether oxygens (including phenoxy) is 3. The van der Waals surface area contributed by atoms with E-state index in [9.17, 15) is 0 Å². The molecular formula is C21H22ClNO3. The van der Waals surface area contributed by atoms with E-state index >= 15 is 0 Å². The highest BCUT2D eigenvalue weighted by Gasteiger charge is 2.12. The summed E-state index contributed by atoms with van der Waals surface area (Å²) in [7, 11) is 0. The Balaban J connectivity index is 1.62. The minimum Gasteiger partial charge on any atom is -0.490 e. The number of benzene rings is 3. The highest BCUT2D eigenvalue weighted by Crippen LogP contribution is 2.36. The molecule has 0 fully saturated rings. The molecule has 0 bridgehead atoms. The molecule has 3 aromatic carbocycles. The van der Waals surface area contributed by atoms with E-state index in [2.05, 4.69) is 12.1 Å². The second-order valence-electron chi connectivity index (χ2n) is 5.75. The quantitative estimate of drug-likeness (QED) is 0.577. The molecule has 0 aromatic heterocycles. The van der Waals surface area contributed by atoms with Crippen LogP contribution in [0.2, 0.25) is 5.02 Å². The Morgan fingerprint density at radius 1 is 0.885 bits per heavy atom. The molecule has 0 aliphatic heterocycles. The summed E-state index contributed by atoms with van der Waals surface area (Å²) >= 11 is 6.31. The van der Waals surface area contributed by atoms with Crippen LogP contribution in [0.25, 0.3) is 10.8 Å². The Kier molecular flexibility index (Phi) is 6.21. The lowest BCUT2D eigenvalue weighted by molar-refractivity contribution is 0.208. The summed E-state index contributed by atoms with van der Waals surface area (Å²) < 4.78 is 17.2. The molecule has 0 atom stereocenters. The van der Waals surface area contributed by atoms with Gasteiger partial charge in [-0.2, -0.15) is 0 Å². The van der Waals surface area contributed by atoms with Gasteiger partial charge in [-0.15, -0.1) is 0 Å². The first-order valence-corrected chi connectivity index (χ1v) is 8.98. The van der Waals surface area contributed by atoms with E-state index in [1.54, 1.807) is 6.07 Å². The van der Waals surface area contributed by atoms with Crippen molar-refractivity contribution in [3.8, 4) is 17.2 Å². The zero-order valence-electron chi connectivity index (χ0n) is 14.7. The summed E-state index contributed by atoms with van der Waals surface area (Å²) in [6.07, 6.45) is 0. The predicted octanol–water partition coefficient (Wildman–Crippen LogP) is 4.81. The highest BCUT2D eigenvalue weighted by atomic mass is 35.5. The largest absolute Gasteiger partial charge is 0.490 e. The smallest absolute Gasteiger partial charge is 0.179 e. The topological polar surface area (TPSA) is 53.7 Å². The predicted molar refractivity (Wildman–Crippen MR) is 105 cm³/mol. The second-order valence-corrected chi connectivity index (χ2v) is 6.16. The molecule has 0 aliphatic carbocycles. The molecule has 5 heteroatoms. The normalized spacial score (nSPS) is 10.7. The Morgan fingerprint density at radius 3 is 2.42 bits per heavy atom. The van der Waals surface area contributed by atoms with Crippen molar-refractivity contribution in [1.82, 2.24) is 0 Å². The Bertz CT molecular complexity index is 882. The maximum absolute atomic E-state index is 6.31. The molecule has 4 nitrogen and oxygen atoms in total. The van der Waals surface area contributed by atoms with Crippen LogP contribution in [-0.4, -0.2) is 19.8 Å². The van der Waals surface area contributed by atoms with Gasteiger partial charge in [-0.1, -0.05) is 41.9 Å². The number of nitrogens with two attached hydrogens (primary N) is 1. The Hall–Kier alpha value is -2.43. The van der Waals surface area contributed by atoms with Crippen molar-refractivity contribution in [2.45, 2.75) is 13.5 Å². The summed E-state index contributed by atoms with van der Waals surface area (Å²) in [5, 5.41) is 2.82. The van der Waals surface area contributed by atoms with Crippen LogP contribution in [0.15, 0.2) is 54.6 Å². The van der Waals surface area contributed by atoms with Crippen LogP contribution in [0.1, 0.15) is 12.5 Å². The molecule has 0 radical (unpaired) electrons. The monoisotopic (exact) mass is 371 g/mol. The van der Waals surface area contributed by atoms with Gasteiger partial charge in [0.25, 0.3) is 0 Å². The van der Waals surface area contributed by atoms with Crippen molar-refractivity contribution in [3.05, 3.63) is 65.2 Å². The molecule has 2 N–H and O–H groups in total. The first-order chi connectivity index (χ1) is 12.7. The lowest BCUT2D eigenvalue weighted by Gasteiger charge is -2.15. The van der Waals surface area contributed by atoms with Crippen molar-refractivity contribution in [2.75, 3.05) is 19.8 Å². The van der Waals surface area contributed by atoms with E-state index in [0.717, 1.165) is 16.7 Å². The van der Waals surface area contributed by atoms with Crippen LogP contribution in [0.4, 0.5) is 0 Å². The molecule has 26 heavy (non-hydrogen) atoms. The van der Waals surface area contributed by atoms with Gasteiger partial charge in [0.15, 0.2) is 11.5 Å². The molecule has 0 amide bonds. The van der Waals surface area contributed by atoms with Gasteiger partial charge in [0.2, 0.25) is 0 Å².